The molecular weight excluding hydrogens is 197 g/mol. The van der Waals surface area contributed by atoms with Gasteiger partial charge in [-0.25, -0.2) is 4.39 Å². The molecule has 1 aromatic carbocycles. The number of thioether (sulfide) groups is 1. The van der Waals surface area contributed by atoms with Crippen LogP contribution in [-0.2, 0) is 0 Å². The van der Waals surface area contributed by atoms with Gasteiger partial charge >= 0.3 is 0 Å². The first-order valence-electron chi connectivity index (χ1n) is 4.73. The number of hydrogen-bond donors (Lipinski definition) is 1. The second-order valence-electron chi connectivity index (χ2n) is 3.24. The van der Waals surface area contributed by atoms with Crippen LogP contribution in [0, 0.1) is 5.82 Å². The maximum atomic E-state index is 13.4. The number of benzene rings is 1. The standard InChI is InChI=1S/C11H16FNS/c1-14-7-6-9(8-13)10-4-2-3-5-11(10)12/h2-5,9H,6-8,13H2,1H3. The molecule has 0 aromatic heterocycles. The summed E-state index contributed by atoms with van der Waals surface area (Å²) >= 11 is 1.77. The molecule has 0 amide bonds. The second-order valence-corrected chi connectivity index (χ2v) is 4.22. The van der Waals surface area contributed by atoms with Crippen molar-refractivity contribution in [1.82, 2.24) is 0 Å². The lowest BCUT2D eigenvalue weighted by Crippen LogP contribution is -2.14. The molecule has 1 nitrogen and oxygen atoms in total. The fraction of sp³-hybridized carbons (Fsp3) is 0.455. The van der Waals surface area contributed by atoms with Crippen molar-refractivity contribution < 1.29 is 4.39 Å². The maximum Gasteiger partial charge on any atom is 0.126 e. The van der Waals surface area contributed by atoms with Gasteiger partial charge in [0.1, 0.15) is 5.82 Å². The summed E-state index contributed by atoms with van der Waals surface area (Å²) < 4.78 is 13.4. The molecule has 1 unspecified atom stereocenters. The lowest BCUT2D eigenvalue weighted by atomic mass is 9.96. The summed E-state index contributed by atoms with van der Waals surface area (Å²) in [5.41, 5.74) is 6.39. The predicted octanol–water partition coefficient (Wildman–Crippen LogP) is 2.62. The summed E-state index contributed by atoms with van der Waals surface area (Å²) in [6.45, 7) is 0.515. The number of rotatable bonds is 5. The van der Waals surface area contributed by atoms with E-state index in [-0.39, 0.29) is 11.7 Å². The molecule has 2 N–H and O–H groups in total. The molecule has 0 aliphatic carbocycles. The van der Waals surface area contributed by atoms with Crippen LogP contribution < -0.4 is 5.73 Å². The van der Waals surface area contributed by atoms with E-state index in [9.17, 15) is 4.39 Å². The zero-order chi connectivity index (χ0) is 10.4. The zero-order valence-corrected chi connectivity index (χ0v) is 9.19. The highest BCUT2D eigenvalue weighted by molar-refractivity contribution is 7.98. The summed E-state index contributed by atoms with van der Waals surface area (Å²) in [4.78, 5) is 0. The van der Waals surface area contributed by atoms with Crippen LogP contribution in [-0.4, -0.2) is 18.6 Å². The first kappa shape index (κ1) is 11.5. The molecule has 1 atom stereocenters. The van der Waals surface area contributed by atoms with Crippen LogP contribution in [0.15, 0.2) is 24.3 Å². The minimum atomic E-state index is -0.135. The molecule has 0 aliphatic heterocycles. The third-order valence-corrected chi connectivity index (χ3v) is 2.94. The third kappa shape index (κ3) is 3.00. The van der Waals surface area contributed by atoms with Crippen LogP contribution in [0.3, 0.4) is 0 Å². The molecule has 1 aromatic rings. The first-order valence-corrected chi connectivity index (χ1v) is 6.12. The fourth-order valence-electron chi connectivity index (χ4n) is 1.47. The van der Waals surface area contributed by atoms with Gasteiger partial charge in [0.25, 0.3) is 0 Å². The molecule has 0 saturated carbocycles. The number of halogens is 1. The van der Waals surface area contributed by atoms with E-state index in [1.807, 2.05) is 12.1 Å². The highest BCUT2D eigenvalue weighted by Crippen LogP contribution is 2.22. The summed E-state index contributed by atoms with van der Waals surface area (Å²) in [5.74, 6) is 1.05. The third-order valence-electron chi connectivity index (χ3n) is 2.30. The van der Waals surface area contributed by atoms with Crippen molar-refractivity contribution in [3.05, 3.63) is 35.6 Å². The minimum absolute atomic E-state index is 0.135. The molecule has 0 spiro atoms. The van der Waals surface area contributed by atoms with Crippen molar-refractivity contribution in [2.45, 2.75) is 12.3 Å². The van der Waals surface area contributed by atoms with Crippen molar-refractivity contribution in [2.24, 2.45) is 5.73 Å². The van der Waals surface area contributed by atoms with Gasteiger partial charge < -0.3 is 5.73 Å². The lowest BCUT2D eigenvalue weighted by Gasteiger charge is -2.14. The molecule has 0 fully saturated rings. The van der Waals surface area contributed by atoms with Crippen LogP contribution in [0.2, 0.25) is 0 Å². The molecular formula is C11H16FNS. The predicted molar refractivity (Wildman–Crippen MR) is 61.2 cm³/mol. The number of hydrogen-bond acceptors (Lipinski definition) is 2. The minimum Gasteiger partial charge on any atom is -0.330 e. The van der Waals surface area contributed by atoms with E-state index in [4.69, 9.17) is 5.73 Å². The smallest absolute Gasteiger partial charge is 0.126 e. The van der Waals surface area contributed by atoms with Gasteiger partial charge in [0, 0.05) is 0 Å². The van der Waals surface area contributed by atoms with Crippen LogP contribution in [0.4, 0.5) is 4.39 Å². The largest absolute Gasteiger partial charge is 0.330 e. The van der Waals surface area contributed by atoms with E-state index in [1.165, 1.54) is 6.07 Å². The van der Waals surface area contributed by atoms with Gasteiger partial charge in [-0.15, -0.1) is 0 Å². The molecule has 78 valence electrons. The van der Waals surface area contributed by atoms with Gasteiger partial charge in [0.2, 0.25) is 0 Å². The Labute approximate surface area is 88.9 Å². The lowest BCUT2D eigenvalue weighted by molar-refractivity contribution is 0.572. The van der Waals surface area contributed by atoms with Crippen LogP contribution >= 0.6 is 11.8 Å². The Bertz CT molecular complexity index is 278. The SMILES string of the molecule is CSCCC(CN)c1ccccc1F. The quantitative estimate of drug-likeness (QED) is 0.813. The summed E-state index contributed by atoms with van der Waals surface area (Å²) in [7, 11) is 0. The molecule has 0 saturated heterocycles. The van der Waals surface area contributed by atoms with E-state index in [1.54, 1.807) is 17.8 Å². The highest BCUT2D eigenvalue weighted by Gasteiger charge is 2.12. The summed E-state index contributed by atoms with van der Waals surface area (Å²) in [5, 5.41) is 0. The van der Waals surface area contributed by atoms with Crippen molar-refractivity contribution in [2.75, 3.05) is 18.6 Å². The molecule has 0 bridgehead atoms. The van der Waals surface area contributed by atoms with Crippen molar-refractivity contribution in [3.8, 4) is 0 Å². The normalized spacial score (nSPS) is 12.8. The Balaban J connectivity index is 2.73. The van der Waals surface area contributed by atoms with Crippen molar-refractivity contribution >= 4 is 11.8 Å². The van der Waals surface area contributed by atoms with Crippen LogP contribution in [0.25, 0.3) is 0 Å². The first-order chi connectivity index (χ1) is 6.79. The van der Waals surface area contributed by atoms with Gasteiger partial charge in [0.05, 0.1) is 0 Å². The van der Waals surface area contributed by atoms with Gasteiger partial charge in [0.15, 0.2) is 0 Å². The monoisotopic (exact) mass is 213 g/mol. The summed E-state index contributed by atoms with van der Waals surface area (Å²) in [6.07, 6.45) is 2.99. The van der Waals surface area contributed by atoms with E-state index >= 15 is 0 Å². The topological polar surface area (TPSA) is 26.0 Å². The molecule has 3 heteroatoms. The Hall–Kier alpha value is -0.540. The molecule has 1 rings (SSSR count). The Morgan fingerprint density at radius 2 is 2.14 bits per heavy atom. The molecule has 0 heterocycles. The fourth-order valence-corrected chi connectivity index (χ4v) is 1.99. The van der Waals surface area contributed by atoms with E-state index in [0.29, 0.717) is 6.54 Å². The average Bonchev–Trinajstić information content (AvgIpc) is 2.21. The Morgan fingerprint density at radius 3 is 2.71 bits per heavy atom. The highest BCUT2D eigenvalue weighted by atomic mass is 32.2. The Kier molecular flexibility index (Phi) is 4.98. The van der Waals surface area contributed by atoms with Gasteiger partial charge in [-0.2, -0.15) is 11.8 Å². The molecule has 14 heavy (non-hydrogen) atoms. The van der Waals surface area contributed by atoms with Gasteiger partial charge in [-0.05, 0) is 42.5 Å². The zero-order valence-electron chi connectivity index (χ0n) is 8.37. The van der Waals surface area contributed by atoms with Crippen LogP contribution in [0.1, 0.15) is 17.9 Å². The second kappa shape index (κ2) is 6.04. The summed E-state index contributed by atoms with van der Waals surface area (Å²) in [6, 6.07) is 6.89. The van der Waals surface area contributed by atoms with Crippen LogP contribution in [0.5, 0.6) is 0 Å². The van der Waals surface area contributed by atoms with Gasteiger partial charge in [-0.3, -0.25) is 0 Å². The molecule has 0 aliphatic rings. The van der Waals surface area contributed by atoms with Gasteiger partial charge in [-0.1, -0.05) is 18.2 Å². The maximum absolute atomic E-state index is 13.4. The molecule has 0 radical (unpaired) electrons. The van der Waals surface area contributed by atoms with E-state index < -0.39 is 0 Å². The van der Waals surface area contributed by atoms with Crippen molar-refractivity contribution in [1.29, 1.82) is 0 Å². The number of nitrogens with two attached hydrogens (primary N) is 1. The average molecular weight is 213 g/mol. The Morgan fingerprint density at radius 1 is 1.43 bits per heavy atom. The van der Waals surface area contributed by atoms with E-state index in [0.717, 1.165) is 17.7 Å². The van der Waals surface area contributed by atoms with E-state index in [2.05, 4.69) is 6.26 Å². The van der Waals surface area contributed by atoms with Crippen molar-refractivity contribution in [3.63, 3.8) is 0 Å².